The number of oxime groups is 1. The molecule has 0 aromatic heterocycles. The minimum Gasteiger partial charge on any atom is -0.409 e. The van der Waals surface area contributed by atoms with E-state index in [-0.39, 0.29) is 6.04 Å². The molecule has 1 heterocycles. The first-order chi connectivity index (χ1) is 10.2. The van der Waals surface area contributed by atoms with Gasteiger partial charge in [0.05, 0.1) is 6.04 Å². The summed E-state index contributed by atoms with van der Waals surface area (Å²) >= 11 is 0. The van der Waals surface area contributed by atoms with Gasteiger partial charge in [-0.25, -0.2) is 0 Å². The maximum absolute atomic E-state index is 8.74. The smallest absolute Gasteiger partial charge is 0.156 e. The summed E-state index contributed by atoms with van der Waals surface area (Å²) in [5, 5.41) is 11.8. The fourth-order valence-electron chi connectivity index (χ4n) is 2.80. The van der Waals surface area contributed by atoms with E-state index in [1.54, 1.807) is 0 Å². The lowest BCUT2D eigenvalue weighted by molar-refractivity contribution is 0.120. The van der Waals surface area contributed by atoms with Crippen molar-refractivity contribution in [3.05, 3.63) is 35.9 Å². The second kappa shape index (κ2) is 8.00. The predicted octanol–water partition coefficient (Wildman–Crippen LogP) is 1.37. The molecule has 1 aliphatic heterocycles. The lowest BCUT2D eigenvalue weighted by Gasteiger charge is -2.37. The van der Waals surface area contributed by atoms with Crippen LogP contribution in [0.4, 0.5) is 0 Å². The SMILES string of the molecule is CC(C(N)=NO)N1CCN(CCCc2ccccc2)CC1. The maximum Gasteiger partial charge on any atom is 0.156 e. The van der Waals surface area contributed by atoms with Gasteiger partial charge in [0.2, 0.25) is 0 Å². The van der Waals surface area contributed by atoms with Gasteiger partial charge in [-0.1, -0.05) is 35.5 Å². The van der Waals surface area contributed by atoms with Gasteiger partial charge in [-0.2, -0.15) is 0 Å². The van der Waals surface area contributed by atoms with Crippen molar-refractivity contribution >= 4 is 5.84 Å². The Kier molecular flexibility index (Phi) is 6.02. The topological polar surface area (TPSA) is 65.1 Å². The van der Waals surface area contributed by atoms with Crippen molar-refractivity contribution in [1.82, 2.24) is 9.80 Å². The quantitative estimate of drug-likeness (QED) is 0.359. The van der Waals surface area contributed by atoms with Gasteiger partial charge < -0.3 is 15.8 Å². The number of hydrogen-bond acceptors (Lipinski definition) is 4. The van der Waals surface area contributed by atoms with Gasteiger partial charge in [-0.15, -0.1) is 0 Å². The Labute approximate surface area is 127 Å². The Hall–Kier alpha value is -1.59. The number of benzene rings is 1. The zero-order chi connectivity index (χ0) is 15.1. The molecule has 5 heteroatoms. The summed E-state index contributed by atoms with van der Waals surface area (Å²) in [6.45, 7) is 7.18. The maximum atomic E-state index is 8.74. The van der Waals surface area contributed by atoms with Gasteiger partial charge in [0.25, 0.3) is 0 Å². The highest BCUT2D eigenvalue weighted by molar-refractivity contribution is 5.84. The molecular weight excluding hydrogens is 264 g/mol. The largest absolute Gasteiger partial charge is 0.409 e. The Morgan fingerprint density at radius 1 is 1.24 bits per heavy atom. The summed E-state index contributed by atoms with van der Waals surface area (Å²) in [6, 6.07) is 10.7. The van der Waals surface area contributed by atoms with Gasteiger partial charge in [0.15, 0.2) is 5.84 Å². The van der Waals surface area contributed by atoms with E-state index < -0.39 is 0 Å². The molecular formula is C16H26N4O. The van der Waals surface area contributed by atoms with Crippen LogP contribution in [-0.2, 0) is 6.42 Å². The Morgan fingerprint density at radius 2 is 1.90 bits per heavy atom. The Morgan fingerprint density at radius 3 is 2.52 bits per heavy atom. The number of rotatable bonds is 6. The molecule has 1 aromatic carbocycles. The molecule has 0 aliphatic carbocycles. The molecule has 116 valence electrons. The summed E-state index contributed by atoms with van der Waals surface area (Å²) in [6.07, 6.45) is 2.33. The van der Waals surface area contributed by atoms with Crippen LogP contribution in [-0.4, -0.2) is 59.6 Å². The van der Waals surface area contributed by atoms with Crippen LogP contribution in [0.5, 0.6) is 0 Å². The summed E-state index contributed by atoms with van der Waals surface area (Å²) in [4.78, 5) is 4.77. The van der Waals surface area contributed by atoms with Crippen molar-refractivity contribution in [1.29, 1.82) is 0 Å². The van der Waals surface area contributed by atoms with Crippen molar-refractivity contribution in [2.24, 2.45) is 10.9 Å². The van der Waals surface area contributed by atoms with Crippen molar-refractivity contribution in [2.75, 3.05) is 32.7 Å². The van der Waals surface area contributed by atoms with E-state index in [1.165, 1.54) is 12.0 Å². The molecule has 1 saturated heterocycles. The first-order valence-corrected chi connectivity index (χ1v) is 7.68. The van der Waals surface area contributed by atoms with Crippen LogP contribution in [0.1, 0.15) is 18.9 Å². The second-order valence-corrected chi connectivity index (χ2v) is 5.67. The van der Waals surface area contributed by atoms with Gasteiger partial charge in [0, 0.05) is 26.2 Å². The van der Waals surface area contributed by atoms with E-state index in [9.17, 15) is 0 Å². The molecule has 1 aliphatic rings. The summed E-state index contributed by atoms with van der Waals surface area (Å²) in [7, 11) is 0. The van der Waals surface area contributed by atoms with E-state index in [1.807, 2.05) is 6.92 Å². The minimum atomic E-state index is 0.0152. The van der Waals surface area contributed by atoms with Crippen molar-refractivity contribution in [3.63, 3.8) is 0 Å². The average molecular weight is 290 g/mol. The first-order valence-electron chi connectivity index (χ1n) is 7.68. The highest BCUT2D eigenvalue weighted by atomic mass is 16.4. The van der Waals surface area contributed by atoms with Crippen LogP contribution in [0.3, 0.4) is 0 Å². The second-order valence-electron chi connectivity index (χ2n) is 5.67. The number of nitrogens with zero attached hydrogens (tertiary/aromatic N) is 3. The molecule has 0 spiro atoms. The van der Waals surface area contributed by atoms with Gasteiger partial charge in [0.1, 0.15) is 0 Å². The van der Waals surface area contributed by atoms with Crippen molar-refractivity contribution < 1.29 is 5.21 Å². The van der Waals surface area contributed by atoms with E-state index in [4.69, 9.17) is 10.9 Å². The third kappa shape index (κ3) is 4.72. The molecule has 1 atom stereocenters. The van der Waals surface area contributed by atoms with Gasteiger partial charge in [-0.3, -0.25) is 4.90 Å². The molecule has 21 heavy (non-hydrogen) atoms. The third-order valence-corrected chi connectivity index (χ3v) is 4.28. The van der Waals surface area contributed by atoms with E-state index in [0.29, 0.717) is 5.84 Å². The molecule has 0 bridgehead atoms. The molecule has 1 unspecified atom stereocenters. The van der Waals surface area contributed by atoms with Crippen LogP contribution in [0, 0.1) is 0 Å². The Balaban J connectivity index is 1.67. The standard InChI is InChI=1S/C16H26N4O/c1-14(16(17)18-21)20-12-10-19(11-13-20)9-5-8-15-6-3-2-4-7-15/h2-4,6-7,14,21H,5,8-13H2,1H3,(H2,17,18). The zero-order valence-corrected chi connectivity index (χ0v) is 12.8. The van der Waals surface area contributed by atoms with E-state index >= 15 is 0 Å². The summed E-state index contributed by atoms with van der Waals surface area (Å²) in [5.41, 5.74) is 7.08. The minimum absolute atomic E-state index is 0.0152. The molecule has 0 amide bonds. The zero-order valence-electron chi connectivity index (χ0n) is 12.8. The normalized spacial score (nSPS) is 19.6. The number of nitrogens with two attached hydrogens (primary N) is 1. The lowest BCUT2D eigenvalue weighted by atomic mass is 10.1. The molecule has 3 N–H and O–H groups in total. The molecule has 5 nitrogen and oxygen atoms in total. The van der Waals surface area contributed by atoms with Crippen molar-refractivity contribution in [2.45, 2.75) is 25.8 Å². The lowest BCUT2D eigenvalue weighted by Crippen LogP contribution is -2.53. The van der Waals surface area contributed by atoms with Crippen molar-refractivity contribution in [3.8, 4) is 0 Å². The number of piperazine rings is 1. The first kappa shape index (κ1) is 15.8. The molecule has 2 rings (SSSR count). The summed E-state index contributed by atoms with van der Waals surface area (Å²) in [5.74, 6) is 0.299. The fourth-order valence-corrected chi connectivity index (χ4v) is 2.80. The summed E-state index contributed by atoms with van der Waals surface area (Å²) < 4.78 is 0. The third-order valence-electron chi connectivity index (χ3n) is 4.28. The monoisotopic (exact) mass is 290 g/mol. The fraction of sp³-hybridized carbons (Fsp3) is 0.562. The molecule has 1 fully saturated rings. The van der Waals surface area contributed by atoms with Crippen LogP contribution < -0.4 is 5.73 Å². The molecule has 1 aromatic rings. The number of aryl methyl sites for hydroxylation is 1. The van der Waals surface area contributed by atoms with Crippen LogP contribution >= 0.6 is 0 Å². The molecule has 0 saturated carbocycles. The number of amidine groups is 1. The predicted molar refractivity (Wildman–Crippen MR) is 85.6 cm³/mol. The van der Waals surface area contributed by atoms with Gasteiger partial charge in [-0.05, 0) is 31.9 Å². The van der Waals surface area contributed by atoms with Gasteiger partial charge >= 0.3 is 0 Å². The number of hydrogen-bond donors (Lipinski definition) is 2. The Bertz CT molecular complexity index is 441. The van der Waals surface area contributed by atoms with E-state index in [2.05, 4.69) is 45.3 Å². The highest BCUT2D eigenvalue weighted by Gasteiger charge is 2.22. The average Bonchev–Trinajstić information content (AvgIpc) is 2.55. The highest BCUT2D eigenvalue weighted by Crippen LogP contribution is 2.09. The van der Waals surface area contributed by atoms with E-state index in [0.717, 1.165) is 39.1 Å². The van der Waals surface area contributed by atoms with Crippen LogP contribution in [0.2, 0.25) is 0 Å². The van der Waals surface area contributed by atoms with Crippen LogP contribution in [0.15, 0.2) is 35.5 Å². The van der Waals surface area contributed by atoms with Crippen LogP contribution in [0.25, 0.3) is 0 Å². The molecule has 0 radical (unpaired) electrons.